The monoisotopic (exact) mass is 353 g/mol. The third-order valence-corrected chi connectivity index (χ3v) is 6.24. The minimum atomic E-state index is -3.27. The zero-order valence-electron chi connectivity index (χ0n) is 14.7. The van der Waals surface area contributed by atoms with E-state index in [2.05, 4.69) is 5.32 Å². The van der Waals surface area contributed by atoms with Crippen LogP contribution < -0.4 is 5.32 Å². The highest BCUT2D eigenvalue weighted by atomic mass is 32.2. The van der Waals surface area contributed by atoms with Gasteiger partial charge in [-0.15, -0.1) is 0 Å². The van der Waals surface area contributed by atoms with E-state index in [0.29, 0.717) is 13.1 Å². The molecule has 1 aliphatic rings. The Morgan fingerprint density at radius 2 is 1.88 bits per heavy atom. The summed E-state index contributed by atoms with van der Waals surface area (Å²) in [5.74, 6) is -0.224. The van der Waals surface area contributed by atoms with E-state index in [1.165, 1.54) is 4.31 Å². The minimum absolute atomic E-state index is 0.0489. The zero-order valence-corrected chi connectivity index (χ0v) is 15.5. The first-order valence-electron chi connectivity index (χ1n) is 8.30. The molecule has 1 atom stereocenters. The molecule has 0 aliphatic carbocycles. The molecule has 0 unspecified atom stereocenters. The van der Waals surface area contributed by atoms with Gasteiger partial charge in [0.05, 0.1) is 5.75 Å². The summed E-state index contributed by atoms with van der Waals surface area (Å²) in [4.78, 5) is 14.4. The summed E-state index contributed by atoms with van der Waals surface area (Å²) in [5, 5.41) is 2.78. The Morgan fingerprint density at radius 3 is 2.46 bits per heavy atom. The molecule has 0 saturated carbocycles. The lowest BCUT2D eigenvalue weighted by Gasteiger charge is -2.25. The van der Waals surface area contributed by atoms with Crippen LogP contribution in [0.15, 0.2) is 24.3 Å². The largest absolute Gasteiger partial charge is 0.353 e. The highest BCUT2D eigenvalue weighted by Gasteiger charge is 2.27. The average Bonchev–Trinajstić information content (AvgIpc) is 3.04. The number of hydrogen-bond acceptors (Lipinski definition) is 4. The lowest BCUT2D eigenvalue weighted by Crippen LogP contribution is -2.41. The van der Waals surface area contributed by atoms with Crippen molar-refractivity contribution in [1.82, 2.24) is 14.5 Å². The van der Waals surface area contributed by atoms with E-state index in [1.54, 1.807) is 0 Å². The number of hydrogen-bond donors (Lipinski definition) is 1. The molecule has 1 aromatic carbocycles. The number of benzene rings is 1. The average molecular weight is 353 g/mol. The lowest BCUT2D eigenvalue weighted by molar-refractivity contribution is -0.125. The molecular weight excluding hydrogens is 326 g/mol. The fourth-order valence-corrected chi connectivity index (χ4v) is 4.48. The van der Waals surface area contributed by atoms with Gasteiger partial charge in [-0.2, -0.15) is 0 Å². The molecule has 1 saturated heterocycles. The minimum Gasteiger partial charge on any atom is -0.353 e. The Hall–Kier alpha value is -1.44. The van der Waals surface area contributed by atoms with Crippen molar-refractivity contribution in [2.45, 2.75) is 25.8 Å². The highest BCUT2D eigenvalue weighted by Crippen LogP contribution is 2.22. The van der Waals surface area contributed by atoms with Crippen molar-refractivity contribution >= 4 is 15.9 Å². The second kappa shape index (κ2) is 8.09. The molecule has 0 radical (unpaired) electrons. The first-order chi connectivity index (χ1) is 11.3. The Balaban J connectivity index is 1.98. The van der Waals surface area contributed by atoms with Crippen LogP contribution in [0, 0.1) is 6.92 Å². The molecule has 0 bridgehead atoms. The first-order valence-corrected chi connectivity index (χ1v) is 9.91. The van der Waals surface area contributed by atoms with Crippen LogP contribution in [-0.2, 0) is 14.8 Å². The Morgan fingerprint density at radius 1 is 1.25 bits per heavy atom. The molecule has 2 rings (SSSR count). The fraction of sp³-hybridized carbons (Fsp3) is 0.588. The second-order valence-electron chi connectivity index (χ2n) is 6.44. The molecule has 1 N–H and O–H groups in total. The fourth-order valence-electron chi connectivity index (χ4n) is 3.04. The summed E-state index contributed by atoms with van der Waals surface area (Å²) < 4.78 is 25.9. The Bertz CT molecular complexity index is 667. The molecule has 7 heteroatoms. The van der Waals surface area contributed by atoms with Gasteiger partial charge in [0.1, 0.15) is 6.04 Å². The van der Waals surface area contributed by atoms with Gasteiger partial charge in [0.2, 0.25) is 15.9 Å². The highest BCUT2D eigenvalue weighted by molar-refractivity contribution is 7.89. The summed E-state index contributed by atoms with van der Waals surface area (Å²) in [5.41, 5.74) is 1.97. The number of nitrogens with one attached hydrogen (secondary N) is 1. The van der Waals surface area contributed by atoms with Gasteiger partial charge in [0.15, 0.2) is 0 Å². The molecule has 134 valence electrons. The number of likely N-dealkylation sites (N-methyl/N-ethyl adjacent to an activating group) is 1. The van der Waals surface area contributed by atoms with E-state index in [-0.39, 0.29) is 18.2 Å². The van der Waals surface area contributed by atoms with Gasteiger partial charge in [-0.1, -0.05) is 24.3 Å². The van der Waals surface area contributed by atoms with Crippen molar-refractivity contribution in [2.75, 3.05) is 39.5 Å². The van der Waals surface area contributed by atoms with Crippen LogP contribution in [0.5, 0.6) is 0 Å². The molecule has 1 aromatic rings. The van der Waals surface area contributed by atoms with Gasteiger partial charge in [-0.05, 0) is 45.0 Å². The summed E-state index contributed by atoms with van der Waals surface area (Å²) in [7, 11) is 0.420. The third kappa shape index (κ3) is 4.55. The SMILES string of the molecule is Cc1ccccc1[C@@H](C(=O)NCCS(=O)(=O)N1CCCC1)N(C)C. The van der Waals surface area contributed by atoms with E-state index < -0.39 is 16.1 Å². The molecule has 24 heavy (non-hydrogen) atoms. The predicted molar refractivity (Wildman–Crippen MR) is 95.2 cm³/mol. The molecule has 0 spiro atoms. The van der Waals surface area contributed by atoms with E-state index >= 15 is 0 Å². The number of carbonyl (C=O) groups is 1. The normalized spacial score (nSPS) is 17.2. The van der Waals surface area contributed by atoms with Crippen molar-refractivity contribution in [3.8, 4) is 0 Å². The van der Waals surface area contributed by atoms with Crippen LogP contribution in [0.4, 0.5) is 0 Å². The van der Waals surface area contributed by atoms with Crippen molar-refractivity contribution in [2.24, 2.45) is 0 Å². The van der Waals surface area contributed by atoms with E-state index in [9.17, 15) is 13.2 Å². The van der Waals surface area contributed by atoms with Crippen LogP contribution in [-0.4, -0.2) is 63.0 Å². The van der Waals surface area contributed by atoms with Gasteiger partial charge < -0.3 is 5.32 Å². The van der Waals surface area contributed by atoms with Crippen molar-refractivity contribution < 1.29 is 13.2 Å². The van der Waals surface area contributed by atoms with E-state index in [0.717, 1.165) is 24.0 Å². The van der Waals surface area contributed by atoms with E-state index in [4.69, 9.17) is 0 Å². The lowest BCUT2D eigenvalue weighted by atomic mass is 10.00. The van der Waals surface area contributed by atoms with Crippen molar-refractivity contribution in [3.05, 3.63) is 35.4 Å². The van der Waals surface area contributed by atoms with Crippen molar-refractivity contribution in [1.29, 1.82) is 0 Å². The standard InChI is InChI=1S/C17H27N3O3S/c1-14-8-4-5-9-15(14)16(19(2)3)17(21)18-10-13-24(22,23)20-11-6-7-12-20/h4-5,8-9,16H,6-7,10-13H2,1-3H3,(H,18,21)/t16-/m0/s1. The molecule has 1 aliphatic heterocycles. The smallest absolute Gasteiger partial charge is 0.241 e. The molecular formula is C17H27N3O3S. The van der Waals surface area contributed by atoms with E-state index in [1.807, 2.05) is 50.2 Å². The van der Waals surface area contributed by atoms with Crippen molar-refractivity contribution in [3.63, 3.8) is 0 Å². The molecule has 1 amide bonds. The van der Waals surface area contributed by atoms with Crippen LogP contribution >= 0.6 is 0 Å². The number of sulfonamides is 1. The van der Waals surface area contributed by atoms with Crippen LogP contribution in [0.25, 0.3) is 0 Å². The summed E-state index contributed by atoms with van der Waals surface area (Å²) in [6.07, 6.45) is 1.84. The van der Waals surface area contributed by atoms with Gasteiger partial charge in [-0.3, -0.25) is 9.69 Å². The van der Waals surface area contributed by atoms with Crippen LogP contribution in [0.2, 0.25) is 0 Å². The maximum atomic E-state index is 12.6. The van der Waals surface area contributed by atoms with Gasteiger partial charge >= 0.3 is 0 Å². The number of carbonyl (C=O) groups excluding carboxylic acids is 1. The third-order valence-electron chi connectivity index (χ3n) is 4.37. The second-order valence-corrected chi connectivity index (χ2v) is 8.52. The van der Waals surface area contributed by atoms with Gasteiger partial charge in [-0.25, -0.2) is 12.7 Å². The predicted octanol–water partition coefficient (Wildman–Crippen LogP) is 1.14. The summed E-state index contributed by atoms with van der Waals surface area (Å²) >= 11 is 0. The quantitative estimate of drug-likeness (QED) is 0.798. The first kappa shape index (κ1) is 18.9. The Labute approximate surface area is 144 Å². The topological polar surface area (TPSA) is 69.7 Å². The molecule has 0 aromatic heterocycles. The number of nitrogens with zero attached hydrogens (tertiary/aromatic N) is 2. The molecule has 1 fully saturated rings. The zero-order chi connectivity index (χ0) is 17.7. The van der Waals surface area contributed by atoms with Gasteiger partial charge in [0, 0.05) is 19.6 Å². The number of amides is 1. The van der Waals surface area contributed by atoms with Gasteiger partial charge in [0.25, 0.3) is 0 Å². The Kier molecular flexibility index (Phi) is 6.37. The summed E-state index contributed by atoms with van der Waals surface area (Å²) in [6, 6.07) is 7.31. The molecule has 6 nitrogen and oxygen atoms in total. The molecule has 1 heterocycles. The van der Waals surface area contributed by atoms with Crippen LogP contribution in [0.3, 0.4) is 0 Å². The summed E-state index contributed by atoms with van der Waals surface area (Å²) in [6.45, 7) is 3.30. The maximum absolute atomic E-state index is 12.6. The number of aryl methyl sites for hydroxylation is 1. The number of rotatable bonds is 7. The maximum Gasteiger partial charge on any atom is 0.241 e. The van der Waals surface area contributed by atoms with Crippen LogP contribution in [0.1, 0.15) is 30.0 Å².